The molecule has 3 aliphatic carbocycles. The number of hydrogen-bond donors (Lipinski definition) is 0. The lowest BCUT2D eigenvalue weighted by molar-refractivity contribution is -0.123. The third-order valence-electron chi connectivity index (χ3n) is 7.75. The molecule has 2 bridgehead atoms. The summed E-state index contributed by atoms with van der Waals surface area (Å²) in [6.45, 7) is 5.63. The molecule has 0 radical (unpaired) electrons. The number of esters is 1. The van der Waals surface area contributed by atoms with Gasteiger partial charge in [-0.1, -0.05) is 67.6 Å². The maximum atomic E-state index is 14.1. The van der Waals surface area contributed by atoms with Crippen LogP contribution in [-0.2, 0) is 19.7 Å². The fourth-order valence-electron chi connectivity index (χ4n) is 6.51. The molecule has 2 atom stereocenters. The number of ether oxygens (including phenoxy) is 1. The fourth-order valence-corrected chi connectivity index (χ4v) is 6.51. The minimum absolute atomic E-state index is 0.199. The molecule has 0 N–H and O–H groups in total. The molecule has 7 rings (SSSR count). The zero-order chi connectivity index (χ0) is 23.8. The highest BCUT2D eigenvalue weighted by Crippen LogP contribution is 2.64. The summed E-state index contributed by atoms with van der Waals surface area (Å²) < 4.78 is 5.41. The average molecular weight is 452 g/mol. The largest absolute Gasteiger partial charge is 0.459 e. The summed E-state index contributed by atoms with van der Waals surface area (Å²) in [6.07, 6.45) is -0.313. The predicted octanol–water partition coefficient (Wildman–Crippen LogP) is 4.82. The third kappa shape index (κ3) is 2.52. The smallest absolute Gasteiger partial charge is 0.340 e. The topological polar surface area (TPSA) is 63.7 Å². The van der Waals surface area contributed by atoms with Gasteiger partial charge in [0.25, 0.3) is 0 Å². The van der Waals surface area contributed by atoms with Crippen molar-refractivity contribution < 1.29 is 19.1 Å². The highest BCUT2D eigenvalue weighted by Gasteiger charge is 2.66. The van der Waals surface area contributed by atoms with Gasteiger partial charge in [0.1, 0.15) is 0 Å². The lowest BCUT2D eigenvalue weighted by atomic mass is 9.48. The van der Waals surface area contributed by atoms with Gasteiger partial charge in [0, 0.05) is 11.3 Å². The highest BCUT2D eigenvalue weighted by atomic mass is 16.5. The van der Waals surface area contributed by atoms with E-state index in [9.17, 15) is 14.4 Å². The van der Waals surface area contributed by atoms with Gasteiger partial charge in [-0.3, -0.25) is 9.59 Å². The number of rotatable bonds is 3. The zero-order valence-electron chi connectivity index (χ0n) is 19.3. The van der Waals surface area contributed by atoms with Gasteiger partial charge in [-0.2, -0.15) is 0 Å². The van der Waals surface area contributed by atoms with Crippen LogP contribution in [0.5, 0.6) is 0 Å². The Morgan fingerprint density at radius 1 is 0.853 bits per heavy atom. The van der Waals surface area contributed by atoms with Crippen molar-refractivity contribution >= 4 is 23.5 Å². The van der Waals surface area contributed by atoms with Crippen molar-refractivity contribution in [3.63, 3.8) is 0 Å². The van der Waals surface area contributed by atoms with Crippen LogP contribution in [0.4, 0.5) is 5.69 Å². The Balaban J connectivity index is 1.54. The van der Waals surface area contributed by atoms with Gasteiger partial charge in [-0.05, 0) is 48.2 Å². The molecule has 3 aromatic rings. The molecule has 1 heterocycles. The Bertz CT molecular complexity index is 1330. The molecular formula is C29H25NO4. The number of nitrogens with zero attached hydrogens (tertiary/aromatic N) is 1. The maximum Gasteiger partial charge on any atom is 0.340 e. The lowest BCUT2D eigenvalue weighted by Crippen LogP contribution is -2.51. The quantitative estimate of drug-likeness (QED) is 0.423. The molecule has 170 valence electrons. The summed E-state index contributed by atoms with van der Waals surface area (Å²) >= 11 is 0. The Kier molecular flexibility index (Phi) is 4.37. The minimum Gasteiger partial charge on any atom is -0.459 e. The first-order chi connectivity index (χ1) is 16.4. The van der Waals surface area contributed by atoms with E-state index in [2.05, 4.69) is 31.2 Å². The summed E-state index contributed by atoms with van der Waals surface area (Å²) in [7, 11) is 0. The van der Waals surface area contributed by atoms with Gasteiger partial charge in [-0.25, -0.2) is 9.69 Å². The molecule has 4 aliphatic rings. The molecule has 5 nitrogen and oxygen atoms in total. The minimum atomic E-state index is -0.637. The second-order valence-corrected chi connectivity index (χ2v) is 9.84. The highest BCUT2D eigenvalue weighted by molar-refractivity contribution is 6.25. The molecule has 5 heteroatoms. The van der Waals surface area contributed by atoms with Crippen LogP contribution in [0.2, 0.25) is 0 Å². The van der Waals surface area contributed by atoms with E-state index in [0.717, 1.165) is 22.3 Å². The Morgan fingerprint density at radius 3 is 2.03 bits per heavy atom. The van der Waals surface area contributed by atoms with E-state index < -0.39 is 23.2 Å². The third-order valence-corrected chi connectivity index (χ3v) is 7.75. The van der Waals surface area contributed by atoms with Gasteiger partial charge >= 0.3 is 5.97 Å². The molecule has 3 aromatic carbocycles. The predicted molar refractivity (Wildman–Crippen MR) is 128 cm³/mol. The second kappa shape index (κ2) is 7.13. The first-order valence-electron chi connectivity index (χ1n) is 11.7. The van der Waals surface area contributed by atoms with Gasteiger partial charge in [0.2, 0.25) is 11.8 Å². The van der Waals surface area contributed by atoms with Crippen molar-refractivity contribution in [3.05, 3.63) is 101 Å². The number of imide groups is 1. The van der Waals surface area contributed by atoms with Crippen molar-refractivity contribution in [1.82, 2.24) is 0 Å². The normalized spacial score (nSPS) is 26.4. The van der Waals surface area contributed by atoms with Crippen molar-refractivity contribution in [1.29, 1.82) is 0 Å². The number of amides is 2. The summed E-state index contributed by atoms with van der Waals surface area (Å²) in [6, 6.07) is 23.1. The van der Waals surface area contributed by atoms with Crippen molar-refractivity contribution in [2.45, 2.75) is 38.2 Å². The molecule has 0 saturated carbocycles. The molecule has 1 aliphatic heterocycles. The van der Waals surface area contributed by atoms with E-state index in [0.29, 0.717) is 5.69 Å². The number of carbonyl (C=O) groups is 3. The van der Waals surface area contributed by atoms with Crippen LogP contribution >= 0.6 is 0 Å². The zero-order valence-corrected chi connectivity index (χ0v) is 19.3. The summed E-state index contributed by atoms with van der Waals surface area (Å²) in [5.41, 5.74) is 4.33. The van der Waals surface area contributed by atoms with E-state index in [1.54, 1.807) is 38.1 Å². The molecule has 0 unspecified atom stereocenters. The van der Waals surface area contributed by atoms with E-state index in [1.165, 1.54) is 4.90 Å². The monoisotopic (exact) mass is 451 g/mol. The van der Waals surface area contributed by atoms with Crippen LogP contribution in [0.25, 0.3) is 0 Å². The summed E-state index contributed by atoms with van der Waals surface area (Å²) in [5, 5.41) is 0. The number of hydrogen-bond acceptors (Lipinski definition) is 4. The molecule has 0 spiro atoms. The molecular weight excluding hydrogens is 426 g/mol. The van der Waals surface area contributed by atoms with Gasteiger partial charge in [0.15, 0.2) is 0 Å². The van der Waals surface area contributed by atoms with Crippen LogP contribution < -0.4 is 4.90 Å². The number of anilines is 1. The fraction of sp³-hybridized carbons (Fsp3) is 0.276. The number of benzene rings is 3. The molecule has 1 saturated heterocycles. The van der Waals surface area contributed by atoms with Crippen LogP contribution in [0.1, 0.15) is 59.3 Å². The van der Waals surface area contributed by atoms with Gasteiger partial charge < -0.3 is 4.74 Å². The van der Waals surface area contributed by atoms with Crippen molar-refractivity contribution in [2.75, 3.05) is 4.90 Å². The Labute approximate surface area is 198 Å². The van der Waals surface area contributed by atoms with E-state index in [1.807, 2.05) is 24.3 Å². The van der Waals surface area contributed by atoms with E-state index in [-0.39, 0.29) is 29.4 Å². The Hall–Kier alpha value is -3.73. The lowest BCUT2D eigenvalue weighted by Gasteiger charge is -2.52. The molecule has 34 heavy (non-hydrogen) atoms. The first kappa shape index (κ1) is 20.8. The number of carbonyl (C=O) groups excluding carboxylic acids is 3. The van der Waals surface area contributed by atoms with Crippen LogP contribution in [0, 0.1) is 11.8 Å². The van der Waals surface area contributed by atoms with Crippen LogP contribution in [0.3, 0.4) is 0 Å². The summed E-state index contributed by atoms with van der Waals surface area (Å²) in [4.78, 5) is 42.3. The standard InChI is InChI=1S/C29H25NO4/c1-16(2)34-28(33)19-12-6-9-15-22(19)30-26(31)24-23-17-10-4-7-13-20(17)29(3,25(24)27(30)32)21-14-8-5-11-18(21)23/h4-16,23-25H,1-3H3/t23?,24-,25-,29?/m0/s1. The maximum absolute atomic E-state index is 14.1. The SMILES string of the molecule is CC(C)OC(=O)c1ccccc1N1C(=O)[C@@H]2[C@@H](C1=O)C1c3ccccc3C2(C)c2ccccc21. The van der Waals surface area contributed by atoms with E-state index >= 15 is 0 Å². The average Bonchev–Trinajstić information content (AvgIpc) is 3.10. The molecule has 1 fully saturated rings. The number of para-hydroxylation sites is 1. The second-order valence-electron chi connectivity index (χ2n) is 9.84. The van der Waals surface area contributed by atoms with E-state index in [4.69, 9.17) is 4.74 Å². The molecule has 0 aromatic heterocycles. The van der Waals surface area contributed by atoms with Gasteiger partial charge in [0.05, 0.1) is 29.2 Å². The first-order valence-corrected chi connectivity index (χ1v) is 11.7. The van der Waals surface area contributed by atoms with Crippen molar-refractivity contribution in [3.8, 4) is 0 Å². The van der Waals surface area contributed by atoms with Crippen LogP contribution in [-0.4, -0.2) is 23.9 Å². The summed E-state index contributed by atoms with van der Waals surface area (Å²) in [5.74, 6) is -2.30. The van der Waals surface area contributed by atoms with Crippen LogP contribution in [0.15, 0.2) is 72.8 Å². The molecule has 2 amide bonds. The van der Waals surface area contributed by atoms with Crippen molar-refractivity contribution in [2.24, 2.45) is 11.8 Å². The van der Waals surface area contributed by atoms with Gasteiger partial charge in [-0.15, -0.1) is 0 Å². The Morgan fingerprint density at radius 2 is 1.41 bits per heavy atom.